The SMILES string of the molecule is CCOC1=CC2=CC[C@@H]3[C@H]([C@@H](C)C[C@@]4(C)[C@H]3CC[C@]4(OC(C)=O)C(C)=O)[C@H]2CC1. The van der Waals surface area contributed by atoms with E-state index in [4.69, 9.17) is 9.47 Å². The summed E-state index contributed by atoms with van der Waals surface area (Å²) in [4.78, 5) is 24.8. The fourth-order valence-corrected chi connectivity index (χ4v) is 7.87. The summed E-state index contributed by atoms with van der Waals surface area (Å²) in [6, 6.07) is 0. The summed E-state index contributed by atoms with van der Waals surface area (Å²) >= 11 is 0. The van der Waals surface area contributed by atoms with Crippen molar-refractivity contribution in [3.8, 4) is 0 Å². The molecule has 7 atom stereocenters. The molecule has 0 bridgehead atoms. The Kier molecular flexibility index (Phi) is 5.19. The van der Waals surface area contributed by atoms with Gasteiger partial charge in [0, 0.05) is 18.8 Å². The molecule has 0 unspecified atom stereocenters. The highest BCUT2D eigenvalue weighted by atomic mass is 16.6. The lowest BCUT2D eigenvalue weighted by atomic mass is 9.48. The molecule has 0 aromatic heterocycles. The molecular weight excluding hydrogens is 364 g/mol. The number of ether oxygens (including phenoxy) is 2. The standard InChI is InChI=1S/C25H36O4/c1-6-28-19-8-10-20-18(13-19)7-9-21-22-11-12-25(16(3)26,29-17(4)27)24(22,5)14-15(2)23(20)21/h7,13,15,20-23H,6,8-12,14H2,1-5H3/t15-,20-,21-,22-,23+,24-,25-/m0/s1. The molecular formula is C25H36O4. The van der Waals surface area contributed by atoms with Crippen LogP contribution in [0.2, 0.25) is 0 Å². The number of Topliss-reactive ketones (excluding diaryl/α,β-unsaturated/α-hetero) is 1. The van der Waals surface area contributed by atoms with Crippen LogP contribution in [0.3, 0.4) is 0 Å². The van der Waals surface area contributed by atoms with E-state index in [1.54, 1.807) is 6.92 Å². The second-order valence-corrected chi connectivity index (χ2v) is 10.1. The normalized spacial score (nSPS) is 43.3. The van der Waals surface area contributed by atoms with Crippen molar-refractivity contribution in [1.82, 2.24) is 0 Å². The third-order valence-electron chi connectivity index (χ3n) is 8.73. The van der Waals surface area contributed by atoms with Crippen LogP contribution in [0, 0.1) is 35.0 Å². The molecule has 4 aliphatic carbocycles. The van der Waals surface area contributed by atoms with E-state index in [0.717, 1.165) is 44.5 Å². The minimum Gasteiger partial charge on any atom is -0.498 e. The van der Waals surface area contributed by atoms with Crippen LogP contribution in [0.1, 0.15) is 73.1 Å². The van der Waals surface area contributed by atoms with E-state index >= 15 is 0 Å². The van der Waals surface area contributed by atoms with Crippen molar-refractivity contribution in [2.75, 3.05) is 6.61 Å². The molecule has 0 aliphatic heterocycles. The fraction of sp³-hybridized carbons (Fsp3) is 0.760. The first kappa shape index (κ1) is 20.7. The van der Waals surface area contributed by atoms with Crippen molar-refractivity contribution in [3.63, 3.8) is 0 Å². The number of hydrogen-bond acceptors (Lipinski definition) is 4. The Bertz CT molecular complexity index is 765. The van der Waals surface area contributed by atoms with Gasteiger partial charge in [-0.3, -0.25) is 9.59 Å². The van der Waals surface area contributed by atoms with Crippen molar-refractivity contribution in [2.45, 2.75) is 78.7 Å². The van der Waals surface area contributed by atoms with Crippen LogP contribution < -0.4 is 0 Å². The van der Waals surface area contributed by atoms with Crippen LogP contribution in [0.15, 0.2) is 23.5 Å². The lowest BCUT2D eigenvalue weighted by Crippen LogP contribution is -2.59. The highest BCUT2D eigenvalue weighted by molar-refractivity contribution is 5.89. The van der Waals surface area contributed by atoms with E-state index < -0.39 is 5.60 Å². The summed E-state index contributed by atoms with van der Waals surface area (Å²) in [5.74, 6) is 3.57. The smallest absolute Gasteiger partial charge is 0.303 e. The molecule has 29 heavy (non-hydrogen) atoms. The second-order valence-electron chi connectivity index (χ2n) is 10.1. The molecule has 0 heterocycles. The fourth-order valence-electron chi connectivity index (χ4n) is 7.87. The van der Waals surface area contributed by atoms with Gasteiger partial charge in [0.05, 0.1) is 12.4 Å². The maximum Gasteiger partial charge on any atom is 0.303 e. The van der Waals surface area contributed by atoms with Gasteiger partial charge in [-0.05, 0) is 87.2 Å². The Labute approximate surface area is 175 Å². The number of ketones is 1. The molecule has 4 heteroatoms. The van der Waals surface area contributed by atoms with E-state index in [9.17, 15) is 9.59 Å². The molecule has 4 nitrogen and oxygen atoms in total. The van der Waals surface area contributed by atoms with E-state index in [0.29, 0.717) is 36.0 Å². The van der Waals surface area contributed by atoms with Crippen LogP contribution in [0.4, 0.5) is 0 Å². The lowest BCUT2D eigenvalue weighted by Gasteiger charge is -2.57. The Morgan fingerprint density at radius 1 is 1.24 bits per heavy atom. The lowest BCUT2D eigenvalue weighted by molar-refractivity contribution is -0.188. The van der Waals surface area contributed by atoms with Crippen molar-refractivity contribution in [1.29, 1.82) is 0 Å². The number of carbonyl (C=O) groups is 2. The molecule has 0 saturated heterocycles. The zero-order chi connectivity index (χ0) is 21.0. The van der Waals surface area contributed by atoms with Crippen molar-refractivity contribution in [2.24, 2.45) is 35.0 Å². The number of hydrogen-bond donors (Lipinski definition) is 0. The van der Waals surface area contributed by atoms with Gasteiger partial charge in [0.2, 0.25) is 0 Å². The highest BCUT2D eigenvalue weighted by Gasteiger charge is 2.67. The first-order chi connectivity index (χ1) is 13.7. The Hall–Kier alpha value is -1.58. The topological polar surface area (TPSA) is 52.6 Å². The molecule has 0 aromatic carbocycles. The molecule has 160 valence electrons. The summed E-state index contributed by atoms with van der Waals surface area (Å²) in [6.45, 7) is 10.4. The van der Waals surface area contributed by atoms with E-state index in [1.807, 2.05) is 6.92 Å². The van der Waals surface area contributed by atoms with Gasteiger partial charge < -0.3 is 9.47 Å². The number of rotatable bonds is 4. The molecule has 0 spiro atoms. The van der Waals surface area contributed by atoms with Crippen molar-refractivity contribution < 1.29 is 19.1 Å². The molecule has 0 amide bonds. The van der Waals surface area contributed by atoms with Crippen LogP contribution in [-0.2, 0) is 19.1 Å². The Balaban J connectivity index is 1.69. The van der Waals surface area contributed by atoms with E-state index in [-0.39, 0.29) is 17.2 Å². The van der Waals surface area contributed by atoms with Gasteiger partial charge in [-0.1, -0.05) is 19.9 Å². The van der Waals surface area contributed by atoms with Gasteiger partial charge in [0.25, 0.3) is 0 Å². The van der Waals surface area contributed by atoms with Gasteiger partial charge in [-0.15, -0.1) is 0 Å². The first-order valence-corrected chi connectivity index (χ1v) is 11.5. The molecule has 0 N–H and O–H groups in total. The molecule has 0 aromatic rings. The van der Waals surface area contributed by atoms with Gasteiger partial charge in [0.15, 0.2) is 11.4 Å². The maximum atomic E-state index is 12.8. The number of carbonyl (C=O) groups excluding carboxylic acids is 2. The highest BCUT2D eigenvalue weighted by Crippen LogP contribution is 2.66. The molecule has 2 fully saturated rings. The monoisotopic (exact) mass is 400 g/mol. The van der Waals surface area contributed by atoms with Crippen molar-refractivity contribution >= 4 is 11.8 Å². The third-order valence-corrected chi connectivity index (χ3v) is 8.73. The average Bonchev–Trinajstić information content (AvgIpc) is 2.94. The minimum atomic E-state index is -0.943. The van der Waals surface area contributed by atoms with Gasteiger partial charge in [0.1, 0.15) is 0 Å². The third kappa shape index (κ3) is 3.00. The van der Waals surface area contributed by atoms with E-state index in [2.05, 4.69) is 26.0 Å². The summed E-state index contributed by atoms with van der Waals surface area (Å²) in [5, 5.41) is 0. The predicted octanol–water partition coefficient (Wildman–Crippen LogP) is 5.23. The molecule has 2 saturated carbocycles. The second kappa shape index (κ2) is 7.28. The van der Waals surface area contributed by atoms with E-state index in [1.165, 1.54) is 12.5 Å². The zero-order valence-corrected chi connectivity index (χ0v) is 18.6. The quantitative estimate of drug-likeness (QED) is 0.607. The average molecular weight is 401 g/mol. The number of esters is 1. The summed E-state index contributed by atoms with van der Waals surface area (Å²) in [6.07, 6.45) is 10.6. The maximum absolute atomic E-state index is 12.8. The van der Waals surface area contributed by atoms with Crippen LogP contribution in [-0.4, -0.2) is 24.0 Å². The van der Waals surface area contributed by atoms with Crippen LogP contribution in [0.25, 0.3) is 0 Å². The Morgan fingerprint density at radius 3 is 2.66 bits per heavy atom. The molecule has 0 radical (unpaired) electrons. The molecule has 4 rings (SSSR count). The van der Waals surface area contributed by atoms with Gasteiger partial charge in [-0.25, -0.2) is 0 Å². The zero-order valence-electron chi connectivity index (χ0n) is 18.6. The van der Waals surface area contributed by atoms with Gasteiger partial charge in [-0.2, -0.15) is 0 Å². The predicted molar refractivity (Wildman–Crippen MR) is 112 cm³/mol. The number of fused-ring (bicyclic) bond motifs is 5. The van der Waals surface area contributed by atoms with Crippen LogP contribution in [0.5, 0.6) is 0 Å². The van der Waals surface area contributed by atoms with Gasteiger partial charge >= 0.3 is 5.97 Å². The number of allylic oxidation sites excluding steroid dienone is 4. The first-order valence-electron chi connectivity index (χ1n) is 11.5. The summed E-state index contributed by atoms with van der Waals surface area (Å²) in [5.41, 5.74) is 0.255. The van der Waals surface area contributed by atoms with Crippen molar-refractivity contribution in [3.05, 3.63) is 23.5 Å². The largest absolute Gasteiger partial charge is 0.498 e. The minimum absolute atomic E-state index is 0.0253. The summed E-state index contributed by atoms with van der Waals surface area (Å²) in [7, 11) is 0. The van der Waals surface area contributed by atoms with Crippen LogP contribution >= 0.6 is 0 Å². The summed E-state index contributed by atoms with van der Waals surface area (Å²) < 4.78 is 11.7. The Morgan fingerprint density at radius 2 is 2.00 bits per heavy atom. The molecule has 4 aliphatic rings.